The van der Waals surface area contributed by atoms with Crippen LogP contribution < -0.4 is 14.8 Å². The van der Waals surface area contributed by atoms with Gasteiger partial charge in [0, 0.05) is 37.2 Å². The molecule has 0 unspecified atom stereocenters. The number of nitrogens with zero attached hydrogens (tertiary/aromatic N) is 3. The van der Waals surface area contributed by atoms with E-state index in [1.807, 2.05) is 4.57 Å². The van der Waals surface area contributed by atoms with E-state index in [2.05, 4.69) is 20.0 Å². The van der Waals surface area contributed by atoms with Crippen LogP contribution in [0, 0.1) is 0 Å². The normalized spacial score (nSPS) is 11.2. The summed E-state index contributed by atoms with van der Waals surface area (Å²) in [4.78, 5) is 20.5. The van der Waals surface area contributed by atoms with Gasteiger partial charge in [0.1, 0.15) is 11.4 Å². The second-order valence-electron chi connectivity index (χ2n) is 7.37. The van der Waals surface area contributed by atoms with Crippen LogP contribution in [0.5, 0.6) is 11.6 Å². The van der Waals surface area contributed by atoms with Crippen LogP contribution >= 0.6 is 34.8 Å². The summed E-state index contributed by atoms with van der Waals surface area (Å²) in [5.41, 5.74) is 0.341. The number of rotatable bonds is 9. The Kier molecular flexibility index (Phi) is 8.00. The summed E-state index contributed by atoms with van der Waals surface area (Å²) >= 11 is 17.9. The highest BCUT2D eigenvalue weighted by Crippen LogP contribution is 2.32. The van der Waals surface area contributed by atoms with E-state index in [0.717, 1.165) is 0 Å². The standard InChI is InChI=1S/C23H18Cl3N5O4S/c24-16-11-21(30-36(33,34)18-4-5-19(25)20(26)12-18)23(29-13-16)35-17-3-1-2-15(10-17)22(32)28-7-9-31-8-6-27-14-31/h1-6,8,10-14,30H,7,9H2,(H,28,32). The third-order valence-corrected chi connectivity index (χ3v) is 7.10. The Morgan fingerprint density at radius 1 is 1.06 bits per heavy atom. The fourth-order valence-corrected chi connectivity index (χ4v) is 4.66. The lowest BCUT2D eigenvalue weighted by Gasteiger charge is -2.14. The van der Waals surface area contributed by atoms with Crippen molar-refractivity contribution in [3.8, 4) is 11.6 Å². The number of ether oxygens (including phenoxy) is 1. The molecule has 2 N–H and O–H groups in total. The number of pyridine rings is 1. The fourth-order valence-electron chi connectivity index (χ4n) is 3.06. The molecular formula is C23H18Cl3N5O4S. The predicted molar refractivity (Wildman–Crippen MR) is 138 cm³/mol. The average Bonchev–Trinajstić information content (AvgIpc) is 3.36. The van der Waals surface area contributed by atoms with Crippen molar-refractivity contribution in [1.82, 2.24) is 19.9 Å². The largest absolute Gasteiger partial charge is 0.437 e. The zero-order valence-electron chi connectivity index (χ0n) is 18.4. The van der Waals surface area contributed by atoms with Gasteiger partial charge >= 0.3 is 0 Å². The van der Waals surface area contributed by atoms with Gasteiger partial charge in [-0.3, -0.25) is 9.52 Å². The van der Waals surface area contributed by atoms with Crippen LogP contribution in [-0.2, 0) is 16.6 Å². The molecule has 0 aliphatic heterocycles. The second-order valence-corrected chi connectivity index (χ2v) is 10.3. The number of carbonyl (C=O) groups excluding carboxylic acids is 1. The van der Waals surface area contributed by atoms with Crippen LogP contribution in [0.25, 0.3) is 0 Å². The van der Waals surface area contributed by atoms with Crippen molar-refractivity contribution < 1.29 is 17.9 Å². The number of halogens is 3. The molecule has 0 fully saturated rings. The lowest BCUT2D eigenvalue weighted by molar-refractivity contribution is 0.0952. The van der Waals surface area contributed by atoms with E-state index in [1.54, 1.807) is 36.9 Å². The van der Waals surface area contributed by atoms with E-state index in [0.29, 0.717) is 18.7 Å². The maximum atomic E-state index is 12.9. The molecule has 0 aliphatic rings. The average molecular weight is 567 g/mol. The van der Waals surface area contributed by atoms with E-state index in [4.69, 9.17) is 39.5 Å². The highest BCUT2D eigenvalue weighted by atomic mass is 35.5. The lowest BCUT2D eigenvalue weighted by Crippen LogP contribution is -2.26. The third kappa shape index (κ3) is 6.46. The molecule has 0 aliphatic carbocycles. The highest BCUT2D eigenvalue weighted by Gasteiger charge is 2.20. The van der Waals surface area contributed by atoms with Gasteiger partial charge < -0.3 is 14.6 Å². The number of amides is 1. The maximum Gasteiger partial charge on any atom is 0.262 e. The number of sulfonamides is 1. The van der Waals surface area contributed by atoms with Gasteiger partial charge in [0.25, 0.3) is 15.9 Å². The smallest absolute Gasteiger partial charge is 0.262 e. The van der Waals surface area contributed by atoms with Crippen molar-refractivity contribution in [1.29, 1.82) is 0 Å². The first-order chi connectivity index (χ1) is 17.2. The Hall–Kier alpha value is -3.31. The molecule has 186 valence electrons. The number of anilines is 1. The third-order valence-electron chi connectivity index (χ3n) is 4.79. The summed E-state index contributed by atoms with van der Waals surface area (Å²) in [5, 5.41) is 3.30. The Morgan fingerprint density at radius 3 is 2.64 bits per heavy atom. The molecule has 0 atom stereocenters. The van der Waals surface area contributed by atoms with Crippen LogP contribution in [0.15, 0.2) is 78.3 Å². The van der Waals surface area contributed by atoms with E-state index in [-0.39, 0.29) is 43.2 Å². The van der Waals surface area contributed by atoms with Gasteiger partial charge in [-0.05, 0) is 42.5 Å². The summed E-state index contributed by atoms with van der Waals surface area (Å²) in [6, 6.07) is 11.6. The molecule has 0 saturated heterocycles. The molecule has 2 aromatic carbocycles. The van der Waals surface area contributed by atoms with E-state index in [9.17, 15) is 13.2 Å². The van der Waals surface area contributed by atoms with Crippen LogP contribution in [-0.4, -0.2) is 35.4 Å². The lowest BCUT2D eigenvalue weighted by atomic mass is 10.2. The van der Waals surface area contributed by atoms with Crippen molar-refractivity contribution in [2.45, 2.75) is 11.4 Å². The van der Waals surface area contributed by atoms with E-state index >= 15 is 0 Å². The summed E-state index contributed by atoms with van der Waals surface area (Å²) in [6.07, 6.45) is 6.42. The molecule has 2 aromatic heterocycles. The summed E-state index contributed by atoms with van der Waals surface area (Å²) < 4.78 is 35.9. The van der Waals surface area contributed by atoms with Gasteiger partial charge in [-0.15, -0.1) is 0 Å². The van der Waals surface area contributed by atoms with Gasteiger partial charge in [-0.2, -0.15) is 0 Å². The minimum Gasteiger partial charge on any atom is -0.437 e. The molecule has 13 heteroatoms. The van der Waals surface area contributed by atoms with Crippen LogP contribution in [0.1, 0.15) is 10.4 Å². The first-order valence-corrected chi connectivity index (χ1v) is 13.0. The summed E-state index contributed by atoms with van der Waals surface area (Å²) in [5.74, 6) is -0.104. The molecule has 9 nitrogen and oxygen atoms in total. The fraction of sp³-hybridized carbons (Fsp3) is 0.0870. The van der Waals surface area contributed by atoms with Crippen molar-refractivity contribution in [3.63, 3.8) is 0 Å². The molecule has 0 spiro atoms. The minimum atomic E-state index is -4.08. The van der Waals surface area contributed by atoms with Crippen molar-refractivity contribution in [2.24, 2.45) is 0 Å². The van der Waals surface area contributed by atoms with Crippen molar-refractivity contribution >= 4 is 56.4 Å². The first kappa shape index (κ1) is 25.8. The SMILES string of the molecule is O=C(NCCn1ccnc1)c1cccc(Oc2ncc(Cl)cc2NS(=O)(=O)c2ccc(Cl)c(Cl)c2)c1. The topological polar surface area (TPSA) is 115 Å². The number of aromatic nitrogens is 3. The number of imidazole rings is 1. The van der Waals surface area contributed by atoms with Crippen LogP contribution in [0.2, 0.25) is 15.1 Å². The molecule has 4 aromatic rings. The quantitative estimate of drug-likeness (QED) is 0.286. The van der Waals surface area contributed by atoms with Crippen LogP contribution in [0.3, 0.4) is 0 Å². The monoisotopic (exact) mass is 565 g/mol. The van der Waals surface area contributed by atoms with E-state index in [1.165, 1.54) is 36.5 Å². The summed E-state index contributed by atoms with van der Waals surface area (Å²) in [7, 11) is -4.08. The number of hydrogen-bond donors (Lipinski definition) is 2. The Balaban J connectivity index is 1.50. The minimum absolute atomic E-state index is 0.0104. The summed E-state index contributed by atoms with van der Waals surface area (Å²) in [6.45, 7) is 0.971. The molecule has 0 saturated carbocycles. The highest BCUT2D eigenvalue weighted by molar-refractivity contribution is 7.92. The van der Waals surface area contributed by atoms with Crippen LogP contribution in [0.4, 0.5) is 5.69 Å². The molecule has 0 bridgehead atoms. The van der Waals surface area contributed by atoms with Crippen molar-refractivity contribution in [2.75, 3.05) is 11.3 Å². The van der Waals surface area contributed by atoms with Gasteiger partial charge in [0.15, 0.2) is 0 Å². The number of benzene rings is 2. The number of nitrogens with one attached hydrogen (secondary N) is 2. The van der Waals surface area contributed by atoms with Gasteiger partial charge in [-0.1, -0.05) is 40.9 Å². The predicted octanol–water partition coefficient (Wildman–Crippen LogP) is 5.26. The van der Waals surface area contributed by atoms with Gasteiger partial charge in [-0.25, -0.2) is 18.4 Å². The molecule has 0 radical (unpaired) electrons. The molecular weight excluding hydrogens is 549 g/mol. The Labute approximate surface area is 222 Å². The van der Waals surface area contributed by atoms with Gasteiger partial charge in [0.05, 0.1) is 26.3 Å². The van der Waals surface area contributed by atoms with E-state index < -0.39 is 10.0 Å². The first-order valence-electron chi connectivity index (χ1n) is 10.4. The zero-order chi connectivity index (χ0) is 25.7. The van der Waals surface area contributed by atoms with Gasteiger partial charge in [0.2, 0.25) is 5.88 Å². The molecule has 4 rings (SSSR count). The molecule has 2 heterocycles. The van der Waals surface area contributed by atoms with Crippen molar-refractivity contribution in [3.05, 3.63) is 94.1 Å². The molecule has 36 heavy (non-hydrogen) atoms. The maximum absolute atomic E-state index is 12.9. The Morgan fingerprint density at radius 2 is 1.89 bits per heavy atom. The Bertz CT molecular complexity index is 1500. The number of carbonyl (C=O) groups is 1. The molecule has 1 amide bonds. The zero-order valence-corrected chi connectivity index (χ0v) is 21.4. The number of hydrogen-bond acceptors (Lipinski definition) is 6. The second kappa shape index (κ2) is 11.2.